The van der Waals surface area contributed by atoms with Crippen LogP contribution in [0, 0.1) is 6.92 Å². The van der Waals surface area contributed by atoms with Gasteiger partial charge in [0.25, 0.3) is 0 Å². The fraction of sp³-hybridized carbons (Fsp3) is 0.176. The molecule has 0 aliphatic heterocycles. The van der Waals surface area contributed by atoms with E-state index >= 15 is 0 Å². The SMILES string of the molecule is C=C(Nc1cc(C)cc(N)c1)c1ccc(CC)cc1. The molecule has 3 N–H and O–H groups in total. The van der Waals surface area contributed by atoms with Gasteiger partial charge in [0.05, 0.1) is 0 Å². The molecule has 0 heterocycles. The molecule has 0 aliphatic rings. The molecule has 2 nitrogen and oxygen atoms in total. The molecule has 98 valence electrons. The molecule has 0 aromatic heterocycles. The Hall–Kier alpha value is -2.22. The Kier molecular flexibility index (Phi) is 3.91. The summed E-state index contributed by atoms with van der Waals surface area (Å²) in [6, 6.07) is 14.4. The number of hydrogen-bond donors (Lipinski definition) is 2. The van der Waals surface area contributed by atoms with Gasteiger partial charge in [-0.3, -0.25) is 0 Å². The summed E-state index contributed by atoms with van der Waals surface area (Å²) in [4.78, 5) is 0. The van der Waals surface area contributed by atoms with E-state index in [1.165, 1.54) is 5.56 Å². The molecule has 0 unspecified atom stereocenters. The van der Waals surface area contributed by atoms with Crippen molar-refractivity contribution in [3.63, 3.8) is 0 Å². The molecule has 2 heteroatoms. The summed E-state index contributed by atoms with van der Waals surface area (Å²) < 4.78 is 0. The molecule has 0 saturated carbocycles. The topological polar surface area (TPSA) is 38.0 Å². The van der Waals surface area contributed by atoms with Crippen LogP contribution in [0.2, 0.25) is 0 Å². The van der Waals surface area contributed by atoms with E-state index in [2.05, 4.69) is 49.2 Å². The lowest BCUT2D eigenvalue weighted by Gasteiger charge is -2.12. The van der Waals surface area contributed by atoms with Gasteiger partial charge < -0.3 is 11.1 Å². The van der Waals surface area contributed by atoms with Crippen LogP contribution in [0.25, 0.3) is 5.70 Å². The van der Waals surface area contributed by atoms with Gasteiger partial charge >= 0.3 is 0 Å². The maximum Gasteiger partial charge on any atom is 0.0407 e. The summed E-state index contributed by atoms with van der Waals surface area (Å²) in [6.07, 6.45) is 1.05. The largest absolute Gasteiger partial charge is 0.399 e. The van der Waals surface area contributed by atoms with Gasteiger partial charge in [0, 0.05) is 17.1 Å². The van der Waals surface area contributed by atoms with Gasteiger partial charge in [0.2, 0.25) is 0 Å². The molecule has 0 fully saturated rings. The summed E-state index contributed by atoms with van der Waals surface area (Å²) in [6.45, 7) is 8.26. The Labute approximate surface area is 115 Å². The number of nitrogen functional groups attached to an aromatic ring is 1. The Balaban J connectivity index is 2.15. The molecule has 0 aliphatic carbocycles. The maximum absolute atomic E-state index is 5.84. The minimum absolute atomic E-state index is 0.761. The number of aryl methyl sites for hydroxylation is 2. The number of benzene rings is 2. The van der Waals surface area contributed by atoms with E-state index in [4.69, 9.17) is 5.73 Å². The highest BCUT2D eigenvalue weighted by Crippen LogP contribution is 2.21. The summed E-state index contributed by atoms with van der Waals surface area (Å²) in [5.74, 6) is 0. The Bertz CT molecular complexity index is 562. The first kappa shape index (κ1) is 13.2. The van der Waals surface area contributed by atoms with Crippen molar-refractivity contribution in [2.45, 2.75) is 20.3 Å². The molecule has 0 bridgehead atoms. The summed E-state index contributed by atoms with van der Waals surface area (Å²) in [7, 11) is 0. The van der Waals surface area contributed by atoms with E-state index < -0.39 is 0 Å². The van der Waals surface area contributed by atoms with E-state index in [1.807, 2.05) is 19.1 Å². The monoisotopic (exact) mass is 252 g/mol. The highest BCUT2D eigenvalue weighted by Gasteiger charge is 2.01. The summed E-state index contributed by atoms with van der Waals surface area (Å²) >= 11 is 0. The average molecular weight is 252 g/mol. The molecular formula is C17H20N2. The van der Waals surface area contributed by atoms with Crippen molar-refractivity contribution in [1.29, 1.82) is 0 Å². The lowest BCUT2D eigenvalue weighted by Crippen LogP contribution is -1.99. The van der Waals surface area contributed by atoms with Gasteiger partial charge in [-0.15, -0.1) is 0 Å². The Morgan fingerprint density at radius 2 is 1.84 bits per heavy atom. The Morgan fingerprint density at radius 3 is 2.42 bits per heavy atom. The van der Waals surface area contributed by atoms with Crippen molar-refractivity contribution in [1.82, 2.24) is 0 Å². The summed E-state index contributed by atoms with van der Waals surface area (Å²) in [5.41, 5.74) is 12.0. The molecule has 0 saturated heterocycles. The molecule has 0 amide bonds. The van der Waals surface area contributed by atoms with Crippen molar-refractivity contribution in [2.24, 2.45) is 0 Å². The Morgan fingerprint density at radius 1 is 1.16 bits per heavy atom. The van der Waals surface area contributed by atoms with Crippen LogP contribution in [0.3, 0.4) is 0 Å². The smallest absolute Gasteiger partial charge is 0.0407 e. The van der Waals surface area contributed by atoms with E-state index in [9.17, 15) is 0 Å². The highest BCUT2D eigenvalue weighted by atomic mass is 14.9. The van der Waals surface area contributed by atoms with Crippen molar-refractivity contribution >= 4 is 17.1 Å². The third-order valence-corrected chi connectivity index (χ3v) is 3.11. The minimum atomic E-state index is 0.761. The number of nitrogens with two attached hydrogens (primary N) is 1. The number of nitrogens with one attached hydrogen (secondary N) is 1. The van der Waals surface area contributed by atoms with Crippen LogP contribution in [0.4, 0.5) is 11.4 Å². The lowest BCUT2D eigenvalue weighted by molar-refractivity contribution is 1.14. The fourth-order valence-electron chi connectivity index (χ4n) is 2.07. The van der Waals surface area contributed by atoms with Crippen molar-refractivity contribution in [3.8, 4) is 0 Å². The van der Waals surface area contributed by atoms with Crippen molar-refractivity contribution in [2.75, 3.05) is 11.1 Å². The molecule has 0 spiro atoms. The van der Waals surface area contributed by atoms with E-state index in [1.54, 1.807) is 0 Å². The van der Waals surface area contributed by atoms with Gasteiger partial charge in [-0.25, -0.2) is 0 Å². The first-order valence-corrected chi connectivity index (χ1v) is 6.51. The second kappa shape index (κ2) is 5.61. The molecule has 2 rings (SSSR count). The van der Waals surface area contributed by atoms with Gasteiger partial charge in [-0.2, -0.15) is 0 Å². The summed E-state index contributed by atoms with van der Waals surface area (Å²) in [5, 5.41) is 3.30. The van der Waals surface area contributed by atoms with Gasteiger partial charge in [0.1, 0.15) is 0 Å². The minimum Gasteiger partial charge on any atom is -0.399 e. The van der Waals surface area contributed by atoms with Crippen molar-refractivity contribution in [3.05, 3.63) is 65.7 Å². The molecule has 2 aromatic rings. The van der Waals surface area contributed by atoms with Crippen LogP contribution in [0.15, 0.2) is 49.0 Å². The second-order valence-electron chi connectivity index (χ2n) is 4.79. The van der Waals surface area contributed by atoms with Crippen LogP contribution in [-0.2, 0) is 6.42 Å². The molecule has 0 radical (unpaired) electrons. The van der Waals surface area contributed by atoms with E-state index in [0.29, 0.717) is 0 Å². The normalized spacial score (nSPS) is 10.2. The van der Waals surface area contributed by atoms with Gasteiger partial charge in [0.15, 0.2) is 0 Å². The zero-order valence-electron chi connectivity index (χ0n) is 11.5. The van der Waals surface area contributed by atoms with Gasteiger partial charge in [-0.05, 0) is 48.2 Å². The molecule has 0 atom stereocenters. The predicted molar refractivity (Wildman–Crippen MR) is 84.1 cm³/mol. The van der Waals surface area contributed by atoms with Crippen LogP contribution in [0.1, 0.15) is 23.6 Å². The zero-order chi connectivity index (χ0) is 13.8. The van der Waals surface area contributed by atoms with Crippen LogP contribution in [0.5, 0.6) is 0 Å². The molecule has 2 aromatic carbocycles. The molecular weight excluding hydrogens is 232 g/mol. The first-order valence-electron chi connectivity index (χ1n) is 6.51. The van der Waals surface area contributed by atoms with Crippen molar-refractivity contribution < 1.29 is 0 Å². The second-order valence-corrected chi connectivity index (χ2v) is 4.79. The average Bonchev–Trinajstić information content (AvgIpc) is 2.37. The van der Waals surface area contributed by atoms with E-state index in [-0.39, 0.29) is 0 Å². The zero-order valence-corrected chi connectivity index (χ0v) is 11.5. The molecule has 19 heavy (non-hydrogen) atoms. The highest BCUT2D eigenvalue weighted by molar-refractivity contribution is 5.76. The first-order chi connectivity index (χ1) is 9.08. The maximum atomic E-state index is 5.84. The third kappa shape index (κ3) is 3.38. The third-order valence-electron chi connectivity index (χ3n) is 3.11. The number of rotatable bonds is 4. The van der Waals surface area contributed by atoms with Gasteiger partial charge in [-0.1, -0.05) is 37.8 Å². The number of anilines is 2. The fourth-order valence-corrected chi connectivity index (χ4v) is 2.07. The van der Waals surface area contributed by atoms with Crippen LogP contribution < -0.4 is 11.1 Å². The predicted octanol–water partition coefficient (Wildman–Crippen LogP) is 4.22. The van der Waals surface area contributed by atoms with Crippen LogP contribution in [-0.4, -0.2) is 0 Å². The quantitative estimate of drug-likeness (QED) is 0.799. The van der Waals surface area contributed by atoms with Crippen LogP contribution >= 0.6 is 0 Å². The lowest BCUT2D eigenvalue weighted by atomic mass is 10.1. The standard InChI is InChI=1S/C17H20N2/c1-4-14-5-7-15(8-6-14)13(3)19-17-10-12(2)9-16(18)11-17/h5-11,19H,3-4,18H2,1-2H3. The van der Waals surface area contributed by atoms with E-state index in [0.717, 1.165) is 34.6 Å². The number of hydrogen-bond acceptors (Lipinski definition) is 2.